The number of urea groups is 1. The van der Waals surface area contributed by atoms with Gasteiger partial charge in [-0.25, -0.2) is 28.2 Å². The van der Waals surface area contributed by atoms with Crippen LogP contribution in [0.15, 0.2) is 54.9 Å². The Morgan fingerprint density at radius 1 is 1.12 bits per heavy atom. The van der Waals surface area contributed by atoms with Crippen molar-refractivity contribution in [2.75, 3.05) is 32.1 Å². The number of carbonyl (C=O) groups excluding carboxylic acids is 2. The van der Waals surface area contributed by atoms with Crippen LogP contribution >= 0.6 is 0 Å². The van der Waals surface area contributed by atoms with Crippen molar-refractivity contribution in [1.82, 2.24) is 30.1 Å². The van der Waals surface area contributed by atoms with Crippen LogP contribution in [0, 0.1) is 24.5 Å². The third kappa shape index (κ3) is 6.33. The van der Waals surface area contributed by atoms with Crippen LogP contribution in [-0.2, 0) is 9.57 Å². The van der Waals surface area contributed by atoms with Crippen molar-refractivity contribution in [2.45, 2.75) is 19.1 Å². The largest absolute Gasteiger partial charge is 0.383 e. The maximum atomic E-state index is 14.6. The van der Waals surface area contributed by atoms with Crippen LogP contribution in [-0.4, -0.2) is 69.6 Å². The molecule has 4 heterocycles. The third-order valence-corrected chi connectivity index (χ3v) is 6.74. The van der Waals surface area contributed by atoms with Gasteiger partial charge in [0.15, 0.2) is 17.3 Å². The summed E-state index contributed by atoms with van der Waals surface area (Å²) in [5.41, 5.74) is 6.51. The van der Waals surface area contributed by atoms with Crippen molar-refractivity contribution in [2.24, 2.45) is 5.73 Å². The van der Waals surface area contributed by atoms with E-state index in [9.17, 15) is 22.8 Å². The number of hydrogen-bond acceptors (Lipinski definition) is 8. The Bertz CT molecular complexity index is 1650. The normalized spacial score (nSPS) is 16.8. The summed E-state index contributed by atoms with van der Waals surface area (Å²) in [6.07, 6.45) is 1.54. The number of anilines is 1. The number of aromatic nitrogens is 4. The molecule has 1 aliphatic heterocycles. The fraction of sp³-hybridized carbons (Fsp3) is 0.250. The Morgan fingerprint density at radius 2 is 1.88 bits per heavy atom. The van der Waals surface area contributed by atoms with Gasteiger partial charge in [0.25, 0.3) is 5.91 Å². The molecular weight excluding hydrogens is 569 g/mol. The molecule has 1 fully saturated rings. The maximum Gasteiger partial charge on any atom is 0.320 e. The Kier molecular flexibility index (Phi) is 8.66. The van der Waals surface area contributed by atoms with Crippen LogP contribution in [0.2, 0.25) is 0 Å². The second kappa shape index (κ2) is 12.6. The van der Waals surface area contributed by atoms with Gasteiger partial charge in [-0.05, 0) is 31.2 Å². The van der Waals surface area contributed by atoms with Crippen LogP contribution in [0.25, 0.3) is 16.9 Å². The molecule has 3 aromatic heterocycles. The van der Waals surface area contributed by atoms with Gasteiger partial charge in [0.1, 0.15) is 11.9 Å². The van der Waals surface area contributed by atoms with Crippen molar-refractivity contribution in [3.05, 3.63) is 89.3 Å². The number of benzene rings is 1. The fourth-order valence-electron chi connectivity index (χ4n) is 4.67. The van der Waals surface area contributed by atoms with Gasteiger partial charge < -0.3 is 15.8 Å². The van der Waals surface area contributed by atoms with Crippen LogP contribution in [0.1, 0.15) is 27.7 Å². The number of hydrogen-bond donors (Lipinski definition) is 3. The molecule has 0 saturated carbocycles. The van der Waals surface area contributed by atoms with E-state index in [1.54, 1.807) is 36.3 Å². The highest BCUT2D eigenvalue weighted by Crippen LogP contribution is 2.32. The summed E-state index contributed by atoms with van der Waals surface area (Å²) in [5, 5.41) is 11.8. The summed E-state index contributed by atoms with van der Waals surface area (Å²) in [4.78, 5) is 38.0. The van der Waals surface area contributed by atoms with Crippen LogP contribution in [0.3, 0.4) is 0 Å². The number of nitrogens with zero attached hydrogens (tertiary/aromatic N) is 5. The van der Waals surface area contributed by atoms with Crippen LogP contribution < -0.4 is 16.4 Å². The zero-order chi connectivity index (χ0) is 30.7. The van der Waals surface area contributed by atoms with Crippen LogP contribution in [0.4, 0.5) is 23.8 Å². The molecule has 5 rings (SSSR count). The molecule has 1 aliphatic rings. The lowest BCUT2D eigenvalue weighted by molar-refractivity contribution is -0.154. The Labute approximate surface area is 243 Å². The topological polar surface area (TPSA) is 150 Å². The molecular formula is C28H27F3N8O4. The van der Waals surface area contributed by atoms with Crippen molar-refractivity contribution >= 4 is 17.8 Å². The molecule has 43 heavy (non-hydrogen) atoms. The number of nitrogens with one attached hydrogen (secondary N) is 2. The fourth-order valence-corrected chi connectivity index (χ4v) is 4.67. The number of carbonyl (C=O) groups is 2. The first-order valence-corrected chi connectivity index (χ1v) is 13.1. The first-order chi connectivity index (χ1) is 20.7. The summed E-state index contributed by atoms with van der Waals surface area (Å²) in [6.45, 7) is 2.57. The SMILES string of the molecule is COCCN1C[C@@H](NC(=O)Nc2c(C)c(-c3cnc(C(N)=O)c(F)c3)nn2-c2ccccc2)[C@H](c2cnc(F)c(F)c2)O1. The van der Waals surface area contributed by atoms with E-state index in [4.69, 9.17) is 15.3 Å². The van der Waals surface area contributed by atoms with Gasteiger partial charge in [-0.3, -0.25) is 14.9 Å². The quantitative estimate of drug-likeness (QED) is 0.249. The van der Waals surface area contributed by atoms with Gasteiger partial charge >= 0.3 is 6.03 Å². The van der Waals surface area contributed by atoms with Gasteiger partial charge in [-0.2, -0.15) is 14.6 Å². The number of primary amides is 1. The lowest BCUT2D eigenvalue weighted by Gasteiger charge is -2.19. The molecule has 4 N–H and O–H groups in total. The first kappa shape index (κ1) is 29.6. The zero-order valence-electron chi connectivity index (χ0n) is 23.1. The van der Waals surface area contributed by atoms with E-state index < -0.39 is 47.4 Å². The second-order valence-electron chi connectivity index (χ2n) is 9.64. The molecule has 3 amide bonds. The molecule has 0 bridgehead atoms. The van der Waals surface area contributed by atoms with Crippen molar-refractivity contribution in [3.63, 3.8) is 0 Å². The predicted octanol–water partition coefficient (Wildman–Crippen LogP) is 3.28. The van der Waals surface area contributed by atoms with E-state index >= 15 is 0 Å². The van der Waals surface area contributed by atoms with Gasteiger partial charge in [0, 0.05) is 49.3 Å². The van der Waals surface area contributed by atoms with Gasteiger partial charge in [-0.1, -0.05) is 18.2 Å². The molecule has 0 unspecified atom stereocenters. The monoisotopic (exact) mass is 596 g/mol. The molecule has 2 atom stereocenters. The maximum absolute atomic E-state index is 14.6. The molecule has 4 aromatic rings. The molecule has 0 aliphatic carbocycles. The summed E-state index contributed by atoms with van der Waals surface area (Å²) in [6, 6.07) is 9.61. The Morgan fingerprint density at radius 3 is 2.56 bits per heavy atom. The summed E-state index contributed by atoms with van der Waals surface area (Å²) in [7, 11) is 1.53. The number of amides is 3. The molecule has 1 saturated heterocycles. The number of hydroxylamine groups is 2. The summed E-state index contributed by atoms with van der Waals surface area (Å²) in [5.74, 6) is -4.06. The standard InChI is InChI=1S/C28H27F3N8O4/c1-15-22(16-10-19(29)23(26(32)40)33-12-16)37-39(18-6-4-3-5-7-18)27(15)36-28(41)35-21-14-38(8-9-42-2)43-24(21)17-11-20(30)25(31)34-13-17/h3-7,10-13,21,24H,8-9,14H2,1-2H3,(H2,32,40)(H2,35,36,41)/t21-,24+/m1/s1. The lowest BCUT2D eigenvalue weighted by atomic mass is 10.0. The van der Waals surface area contributed by atoms with Crippen LogP contribution in [0.5, 0.6) is 0 Å². The molecule has 0 radical (unpaired) electrons. The average Bonchev–Trinajstić information content (AvgIpc) is 3.53. The van der Waals surface area contributed by atoms with E-state index in [1.165, 1.54) is 18.0 Å². The molecule has 15 heteroatoms. The lowest BCUT2D eigenvalue weighted by Crippen LogP contribution is -2.42. The number of nitrogens with two attached hydrogens (primary N) is 1. The molecule has 12 nitrogen and oxygen atoms in total. The summed E-state index contributed by atoms with van der Waals surface area (Å²) >= 11 is 0. The highest BCUT2D eigenvalue weighted by atomic mass is 19.2. The number of pyridine rings is 2. The van der Waals surface area contributed by atoms with E-state index in [2.05, 4.69) is 25.7 Å². The van der Waals surface area contributed by atoms with Gasteiger partial charge in [-0.15, -0.1) is 0 Å². The van der Waals surface area contributed by atoms with E-state index in [1.807, 2.05) is 6.07 Å². The second-order valence-corrected chi connectivity index (χ2v) is 9.64. The predicted molar refractivity (Wildman–Crippen MR) is 147 cm³/mol. The molecule has 1 aromatic carbocycles. The number of ether oxygens (including phenoxy) is 1. The molecule has 224 valence electrons. The van der Waals surface area contributed by atoms with E-state index in [0.717, 1.165) is 18.3 Å². The summed E-state index contributed by atoms with van der Waals surface area (Å²) < 4.78 is 48.7. The van der Waals surface area contributed by atoms with E-state index in [-0.39, 0.29) is 23.5 Å². The minimum atomic E-state index is -1.25. The number of para-hydroxylation sites is 1. The highest BCUT2D eigenvalue weighted by molar-refractivity contribution is 5.92. The molecule has 0 spiro atoms. The van der Waals surface area contributed by atoms with Gasteiger partial charge in [0.2, 0.25) is 5.95 Å². The van der Waals surface area contributed by atoms with Gasteiger partial charge in [0.05, 0.1) is 24.0 Å². The first-order valence-electron chi connectivity index (χ1n) is 13.1. The minimum Gasteiger partial charge on any atom is -0.383 e. The van der Waals surface area contributed by atoms with Crippen molar-refractivity contribution in [3.8, 4) is 16.9 Å². The Balaban J connectivity index is 1.45. The zero-order valence-corrected chi connectivity index (χ0v) is 23.1. The number of halogens is 3. The number of rotatable bonds is 9. The average molecular weight is 597 g/mol. The Hall–Kier alpha value is -4.86. The van der Waals surface area contributed by atoms with Crippen molar-refractivity contribution < 1.29 is 32.3 Å². The smallest absolute Gasteiger partial charge is 0.320 e. The third-order valence-electron chi connectivity index (χ3n) is 6.74. The van der Waals surface area contributed by atoms with Crippen molar-refractivity contribution in [1.29, 1.82) is 0 Å². The minimum absolute atomic E-state index is 0.208. The highest BCUT2D eigenvalue weighted by Gasteiger charge is 2.37. The number of methoxy groups -OCH3 is 1. The van der Waals surface area contributed by atoms with E-state index in [0.29, 0.717) is 30.1 Å².